The second-order valence-electron chi connectivity index (χ2n) is 8.29. The van der Waals surface area contributed by atoms with Gasteiger partial charge in [0, 0.05) is 45.7 Å². The molecule has 9 nitrogen and oxygen atoms in total. The summed E-state index contributed by atoms with van der Waals surface area (Å²) in [4.78, 5) is 51.6. The highest BCUT2D eigenvalue weighted by Crippen LogP contribution is 2.30. The highest BCUT2D eigenvalue weighted by molar-refractivity contribution is 6.00. The third kappa shape index (κ3) is 4.28. The average molecular weight is 437 g/mol. The molecule has 1 aromatic carbocycles. The van der Waals surface area contributed by atoms with Crippen LogP contribution >= 0.6 is 0 Å². The lowest BCUT2D eigenvalue weighted by Gasteiger charge is -2.24. The SMILES string of the molecule is CNc1cc(CN(C)C(=O)CN2Cc3ccccc3C2=O)nc(C2CCCN2C(C)=O)n1. The summed E-state index contributed by atoms with van der Waals surface area (Å²) in [6.07, 6.45) is 1.73. The van der Waals surface area contributed by atoms with Crippen molar-refractivity contribution in [3.8, 4) is 0 Å². The number of nitrogens with one attached hydrogen (secondary N) is 1. The topological polar surface area (TPSA) is 98.7 Å². The predicted molar refractivity (Wildman–Crippen MR) is 119 cm³/mol. The molecule has 1 unspecified atom stereocenters. The van der Waals surface area contributed by atoms with Crippen LogP contribution in [0.25, 0.3) is 0 Å². The second kappa shape index (κ2) is 8.94. The number of carbonyl (C=O) groups is 3. The molecule has 1 atom stereocenters. The number of anilines is 1. The van der Waals surface area contributed by atoms with E-state index in [2.05, 4.69) is 15.3 Å². The Morgan fingerprint density at radius 2 is 2.03 bits per heavy atom. The van der Waals surface area contributed by atoms with E-state index in [0.717, 1.165) is 18.4 Å². The quantitative estimate of drug-likeness (QED) is 0.742. The molecular weight excluding hydrogens is 408 g/mol. The molecule has 3 amide bonds. The monoisotopic (exact) mass is 436 g/mol. The first kappa shape index (κ1) is 21.7. The number of rotatable bonds is 6. The molecule has 0 aliphatic carbocycles. The normalized spacial score (nSPS) is 17.5. The number of nitrogens with zero attached hydrogens (tertiary/aromatic N) is 5. The molecule has 0 radical (unpaired) electrons. The maximum atomic E-state index is 12.9. The molecule has 168 valence electrons. The second-order valence-corrected chi connectivity index (χ2v) is 8.29. The predicted octanol–water partition coefficient (Wildman–Crippen LogP) is 1.82. The number of aromatic nitrogens is 2. The van der Waals surface area contributed by atoms with Crippen LogP contribution < -0.4 is 5.32 Å². The van der Waals surface area contributed by atoms with Crippen molar-refractivity contribution in [2.75, 3.05) is 32.5 Å². The van der Waals surface area contributed by atoms with Gasteiger partial charge >= 0.3 is 0 Å². The standard InChI is InChI=1S/C23H28N6O3/c1-15(30)29-10-6-9-19(29)22-25-17(11-20(24-2)26-22)13-27(3)21(31)14-28-12-16-7-4-5-8-18(16)23(28)32/h4-5,7-8,11,19H,6,9-10,12-14H2,1-3H3,(H,24,25,26). The van der Waals surface area contributed by atoms with E-state index in [4.69, 9.17) is 0 Å². The number of likely N-dealkylation sites (N-methyl/N-ethyl adjacent to an activating group) is 1. The van der Waals surface area contributed by atoms with Gasteiger partial charge in [0.2, 0.25) is 11.8 Å². The number of hydrogen-bond donors (Lipinski definition) is 1. The fourth-order valence-corrected chi connectivity index (χ4v) is 4.35. The van der Waals surface area contributed by atoms with Gasteiger partial charge in [-0.05, 0) is 24.5 Å². The summed E-state index contributed by atoms with van der Waals surface area (Å²) in [7, 11) is 3.48. The van der Waals surface area contributed by atoms with E-state index in [1.54, 1.807) is 47.9 Å². The number of amides is 3. The number of hydrogen-bond acceptors (Lipinski definition) is 6. The zero-order valence-corrected chi connectivity index (χ0v) is 18.7. The van der Waals surface area contributed by atoms with Crippen molar-refractivity contribution in [3.63, 3.8) is 0 Å². The molecular formula is C23H28N6O3. The minimum atomic E-state index is -0.163. The van der Waals surface area contributed by atoms with Gasteiger partial charge in [-0.15, -0.1) is 0 Å². The zero-order chi connectivity index (χ0) is 22.8. The minimum absolute atomic E-state index is 0.0103. The molecule has 1 saturated heterocycles. The van der Waals surface area contributed by atoms with Gasteiger partial charge < -0.3 is 20.0 Å². The minimum Gasteiger partial charge on any atom is -0.373 e. The lowest BCUT2D eigenvalue weighted by molar-refractivity contribution is -0.131. The molecule has 1 aromatic heterocycles. The largest absolute Gasteiger partial charge is 0.373 e. The van der Waals surface area contributed by atoms with Gasteiger partial charge in [-0.25, -0.2) is 9.97 Å². The van der Waals surface area contributed by atoms with Gasteiger partial charge in [-0.2, -0.15) is 0 Å². The highest BCUT2D eigenvalue weighted by Gasteiger charge is 2.31. The molecule has 3 heterocycles. The first-order valence-electron chi connectivity index (χ1n) is 10.8. The van der Waals surface area contributed by atoms with Crippen molar-refractivity contribution >= 4 is 23.5 Å². The molecule has 4 rings (SSSR count). The summed E-state index contributed by atoms with van der Waals surface area (Å²) in [6.45, 7) is 3.00. The smallest absolute Gasteiger partial charge is 0.254 e. The summed E-state index contributed by atoms with van der Waals surface area (Å²) in [5.74, 6) is 0.964. The van der Waals surface area contributed by atoms with Gasteiger partial charge in [0.1, 0.15) is 12.4 Å². The maximum absolute atomic E-state index is 12.9. The highest BCUT2D eigenvalue weighted by atomic mass is 16.2. The first-order chi connectivity index (χ1) is 15.4. The van der Waals surface area contributed by atoms with Crippen molar-refractivity contribution in [2.45, 2.75) is 38.9 Å². The van der Waals surface area contributed by atoms with Gasteiger partial charge in [-0.3, -0.25) is 14.4 Å². The lowest BCUT2D eigenvalue weighted by atomic mass is 10.1. The Labute approximate surface area is 187 Å². The number of carbonyl (C=O) groups excluding carboxylic acids is 3. The molecule has 32 heavy (non-hydrogen) atoms. The van der Waals surface area contributed by atoms with Crippen molar-refractivity contribution in [3.05, 3.63) is 53.0 Å². The van der Waals surface area contributed by atoms with Crippen molar-refractivity contribution < 1.29 is 14.4 Å². The van der Waals surface area contributed by atoms with E-state index in [9.17, 15) is 14.4 Å². The van der Waals surface area contributed by atoms with E-state index >= 15 is 0 Å². The van der Waals surface area contributed by atoms with Crippen LogP contribution in [0.5, 0.6) is 0 Å². The Morgan fingerprint density at radius 1 is 1.25 bits per heavy atom. The van der Waals surface area contributed by atoms with Crippen molar-refractivity contribution in [1.29, 1.82) is 0 Å². The summed E-state index contributed by atoms with van der Waals surface area (Å²) in [5.41, 5.74) is 2.29. The lowest BCUT2D eigenvalue weighted by Crippen LogP contribution is -2.38. The first-order valence-corrected chi connectivity index (χ1v) is 10.8. The third-order valence-electron chi connectivity index (χ3n) is 6.06. The van der Waals surface area contributed by atoms with Crippen LogP contribution in [-0.4, -0.2) is 69.6 Å². The van der Waals surface area contributed by atoms with Crippen LogP contribution in [0.1, 0.15) is 53.2 Å². The van der Waals surface area contributed by atoms with E-state index in [0.29, 0.717) is 36.0 Å². The molecule has 1 fully saturated rings. The van der Waals surface area contributed by atoms with Crippen molar-refractivity contribution in [2.24, 2.45) is 0 Å². The van der Waals surface area contributed by atoms with Gasteiger partial charge in [0.05, 0.1) is 18.3 Å². The summed E-state index contributed by atoms with van der Waals surface area (Å²) in [5, 5.41) is 3.04. The fraction of sp³-hybridized carbons (Fsp3) is 0.435. The Morgan fingerprint density at radius 3 is 2.75 bits per heavy atom. The Kier molecular flexibility index (Phi) is 6.07. The van der Waals surface area contributed by atoms with E-state index in [-0.39, 0.29) is 36.9 Å². The molecule has 2 aromatic rings. The van der Waals surface area contributed by atoms with E-state index < -0.39 is 0 Å². The summed E-state index contributed by atoms with van der Waals surface area (Å²) >= 11 is 0. The van der Waals surface area contributed by atoms with Crippen LogP contribution in [0.15, 0.2) is 30.3 Å². The van der Waals surface area contributed by atoms with Crippen molar-refractivity contribution in [1.82, 2.24) is 24.7 Å². The van der Waals surface area contributed by atoms with Gasteiger partial charge in [0.25, 0.3) is 5.91 Å². The Hall–Kier alpha value is -3.49. The Balaban J connectivity index is 1.46. The van der Waals surface area contributed by atoms with Gasteiger partial charge in [-0.1, -0.05) is 18.2 Å². The Bertz CT molecular complexity index is 1060. The van der Waals surface area contributed by atoms with Crippen LogP contribution in [0.2, 0.25) is 0 Å². The molecule has 0 bridgehead atoms. The maximum Gasteiger partial charge on any atom is 0.254 e. The van der Waals surface area contributed by atoms with Crippen LogP contribution in [0.4, 0.5) is 5.82 Å². The van der Waals surface area contributed by atoms with Gasteiger partial charge in [0.15, 0.2) is 5.82 Å². The third-order valence-corrected chi connectivity index (χ3v) is 6.06. The molecule has 9 heteroatoms. The fourth-order valence-electron chi connectivity index (χ4n) is 4.35. The average Bonchev–Trinajstić information content (AvgIpc) is 3.39. The van der Waals surface area contributed by atoms with E-state index in [1.807, 2.05) is 18.2 Å². The number of fused-ring (bicyclic) bond motifs is 1. The zero-order valence-electron chi connectivity index (χ0n) is 18.7. The van der Waals surface area contributed by atoms with Crippen LogP contribution in [-0.2, 0) is 22.7 Å². The molecule has 0 spiro atoms. The summed E-state index contributed by atoms with van der Waals surface area (Å²) < 4.78 is 0. The molecule has 2 aliphatic rings. The summed E-state index contributed by atoms with van der Waals surface area (Å²) in [6, 6.07) is 9.08. The van der Waals surface area contributed by atoms with Crippen LogP contribution in [0.3, 0.4) is 0 Å². The molecule has 1 N–H and O–H groups in total. The molecule has 2 aliphatic heterocycles. The number of benzene rings is 1. The molecule has 0 saturated carbocycles. The number of likely N-dealkylation sites (tertiary alicyclic amines) is 1. The van der Waals surface area contributed by atoms with E-state index in [1.165, 1.54) is 0 Å². The van der Waals surface area contributed by atoms with Crippen LogP contribution in [0, 0.1) is 0 Å².